The predicted molar refractivity (Wildman–Crippen MR) is 201 cm³/mol. The number of carbonyl (C=O) groups is 2. The van der Waals surface area contributed by atoms with Crippen LogP contribution in [-0.2, 0) is 32.7 Å². The summed E-state index contributed by atoms with van der Waals surface area (Å²) in [7, 11) is -4.63. The second-order valence-corrected chi connectivity index (χ2v) is 14.5. The molecule has 0 heterocycles. The van der Waals surface area contributed by atoms with Gasteiger partial charge in [0.25, 0.3) is 0 Å². The van der Waals surface area contributed by atoms with E-state index in [1.165, 1.54) is 89.5 Å². The lowest BCUT2D eigenvalue weighted by Gasteiger charge is -2.20. The van der Waals surface area contributed by atoms with E-state index in [2.05, 4.69) is 30.5 Å². The molecule has 0 saturated heterocycles. The molecule has 0 bridgehead atoms. The van der Waals surface area contributed by atoms with Crippen molar-refractivity contribution in [3.63, 3.8) is 0 Å². The molecule has 0 aromatic carbocycles. The number of rotatable bonds is 36. The molecule has 0 aromatic heterocycles. The van der Waals surface area contributed by atoms with E-state index < -0.39 is 51.8 Å². The smallest absolute Gasteiger partial charge is 0.458 e. The molecule has 0 aliphatic carbocycles. The number of phosphoric acid groups is 1. The molecule has 10 nitrogen and oxygen atoms in total. The lowest BCUT2D eigenvalue weighted by Crippen LogP contribution is -2.29. The molecule has 0 aliphatic rings. The maximum absolute atomic E-state index is 12.5. The number of phosphoric ester groups is 1. The lowest BCUT2D eigenvalue weighted by molar-refractivity contribution is -0.159. The van der Waals surface area contributed by atoms with Gasteiger partial charge in [0, 0.05) is 12.5 Å². The molecule has 50 heavy (non-hydrogen) atoms. The highest BCUT2D eigenvalue weighted by Gasteiger charge is 2.27. The highest BCUT2D eigenvalue weighted by molar-refractivity contribution is 7.47. The summed E-state index contributed by atoms with van der Waals surface area (Å²) in [6.45, 7) is 2.20. The third kappa shape index (κ3) is 34.6. The van der Waals surface area contributed by atoms with Gasteiger partial charge in [0.05, 0.1) is 19.8 Å². The molecule has 292 valence electrons. The van der Waals surface area contributed by atoms with Crippen LogP contribution >= 0.6 is 7.82 Å². The number of hydrogen-bond acceptors (Lipinski definition) is 9. The molecule has 1 unspecified atom stereocenters. The minimum atomic E-state index is -4.63. The Balaban J connectivity index is 4.47. The molecular formula is C39H71O10P. The van der Waals surface area contributed by atoms with Crippen LogP contribution in [0.2, 0.25) is 0 Å². The zero-order chi connectivity index (χ0) is 37.0. The van der Waals surface area contributed by atoms with Crippen LogP contribution in [0.5, 0.6) is 0 Å². The maximum atomic E-state index is 12.5. The van der Waals surface area contributed by atoms with Gasteiger partial charge in [-0.05, 0) is 44.9 Å². The molecule has 11 heteroatoms. The van der Waals surface area contributed by atoms with Crippen LogP contribution in [0, 0.1) is 0 Å². The first kappa shape index (κ1) is 48.2. The Labute approximate surface area is 303 Å². The van der Waals surface area contributed by atoms with Crippen LogP contribution in [0.25, 0.3) is 0 Å². The zero-order valence-electron chi connectivity index (χ0n) is 31.4. The predicted octanol–water partition coefficient (Wildman–Crippen LogP) is 9.61. The number of unbranched alkanes of at least 4 members (excludes halogenated alkanes) is 19. The molecule has 0 radical (unpaired) electrons. The first-order valence-corrected chi connectivity index (χ1v) is 21.0. The fourth-order valence-electron chi connectivity index (χ4n) is 5.08. The third-order valence-electron chi connectivity index (χ3n) is 8.12. The number of allylic oxidation sites excluding steroid dienone is 5. The van der Waals surface area contributed by atoms with Crippen molar-refractivity contribution in [1.82, 2.24) is 0 Å². The normalized spacial score (nSPS) is 14.4. The quantitative estimate of drug-likeness (QED) is 0.0142. The van der Waals surface area contributed by atoms with Gasteiger partial charge in [0.15, 0.2) is 6.10 Å². The molecule has 0 rings (SSSR count). The molecule has 0 fully saturated rings. The summed E-state index contributed by atoms with van der Waals surface area (Å²) in [5, 5.41) is 18.3. The monoisotopic (exact) mass is 730 g/mol. The summed E-state index contributed by atoms with van der Waals surface area (Å²) in [5.74, 6) is -1.19. The summed E-state index contributed by atoms with van der Waals surface area (Å²) < 4.78 is 32.4. The Morgan fingerprint density at radius 1 is 0.640 bits per heavy atom. The molecule has 0 saturated carbocycles. The molecule has 0 spiro atoms. The van der Waals surface area contributed by atoms with Gasteiger partial charge >= 0.3 is 19.8 Å². The van der Waals surface area contributed by atoms with Crippen LogP contribution in [0.4, 0.5) is 0 Å². The van der Waals surface area contributed by atoms with Gasteiger partial charge in [-0.3, -0.25) is 13.8 Å². The fraction of sp³-hybridized carbons (Fsp3) is 0.795. The van der Waals surface area contributed by atoms with E-state index in [0.29, 0.717) is 6.42 Å². The van der Waals surface area contributed by atoms with Crippen molar-refractivity contribution in [2.75, 3.05) is 26.4 Å². The second-order valence-electron chi connectivity index (χ2n) is 13.0. The van der Waals surface area contributed by atoms with E-state index in [0.717, 1.165) is 51.4 Å². The van der Waals surface area contributed by atoms with Crippen LogP contribution in [-0.4, -0.2) is 65.7 Å². The molecule has 0 aliphatic heterocycles. The SMILES string of the molecule is CCCCC/C=C/CCCCCCCC(=O)O[C@H](COC(=O)/C=C/C=C/CCCCCCCCCCCCC)COP(=O)(O)OC[C@@H](O)CO. The number of aliphatic hydroxyl groups excluding tert-OH is 2. The largest absolute Gasteiger partial charge is 0.472 e. The Kier molecular flexibility index (Phi) is 34.3. The van der Waals surface area contributed by atoms with Gasteiger partial charge < -0.3 is 24.6 Å². The van der Waals surface area contributed by atoms with Crippen molar-refractivity contribution in [2.24, 2.45) is 0 Å². The van der Waals surface area contributed by atoms with Gasteiger partial charge in [0.1, 0.15) is 12.7 Å². The number of carbonyl (C=O) groups excluding carboxylic acids is 2. The zero-order valence-corrected chi connectivity index (χ0v) is 32.3. The summed E-state index contributed by atoms with van der Waals surface area (Å²) >= 11 is 0. The highest BCUT2D eigenvalue weighted by Crippen LogP contribution is 2.43. The van der Waals surface area contributed by atoms with Gasteiger partial charge in [-0.1, -0.05) is 141 Å². The van der Waals surface area contributed by atoms with Crippen molar-refractivity contribution >= 4 is 19.8 Å². The fourth-order valence-corrected chi connectivity index (χ4v) is 5.87. The summed E-state index contributed by atoms with van der Waals surface area (Å²) in [6.07, 6.45) is 34.6. The number of esters is 2. The average molecular weight is 731 g/mol. The first-order valence-electron chi connectivity index (χ1n) is 19.5. The molecule has 0 amide bonds. The highest BCUT2D eigenvalue weighted by atomic mass is 31.2. The number of hydrogen-bond donors (Lipinski definition) is 3. The van der Waals surface area contributed by atoms with Crippen molar-refractivity contribution in [3.8, 4) is 0 Å². The maximum Gasteiger partial charge on any atom is 0.472 e. The van der Waals surface area contributed by atoms with E-state index in [9.17, 15) is 24.2 Å². The minimum absolute atomic E-state index is 0.154. The van der Waals surface area contributed by atoms with Crippen molar-refractivity contribution in [1.29, 1.82) is 0 Å². The van der Waals surface area contributed by atoms with Crippen molar-refractivity contribution in [2.45, 2.75) is 174 Å². The molecule has 3 N–H and O–H groups in total. The van der Waals surface area contributed by atoms with Gasteiger partial charge in [-0.15, -0.1) is 0 Å². The molecular weight excluding hydrogens is 659 g/mol. The Morgan fingerprint density at radius 2 is 1.12 bits per heavy atom. The molecule has 0 aromatic rings. The number of ether oxygens (including phenoxy) is 2. The average Bonchev–Trinajstić information content (AvgIpc) is 3.10. The van der Waals surface area contributed by atoms with E-state index in [4.69, 9.17) is 19.1 Å². The van der Waals surface area contributed by atoms with E-state index in [1.54, 1.807) is 12.2 Å². The van der Waals surface area contributed by atoms with Crippen LogP contribution in [0.1, 0.15) is 162 Å². The Bertz CT molecular complexity index is 936. The van der Waals surface area contributed by atoms with Crippen LogP contribution < -0.4 is 0 Å². The Morgan fingerprint density at radius 3 is 1.70 bits per heavy atom. The van der Waals surface area contributed by atoms with Gasteiger partial charge in [0.2, 0.25) is 0 Å². The van der Waals surface area contributed by atoms with Gasteiger partial charge in [-0.25, -0.2) is 9.36 Å². The van der Waals surface area contributed by atoms with Crippen LogP contribution in [0.15, 0.2) is 36.5 Å². The van der Waals surface area contributed by atoms with Crippen LogP contribution in [0.3, 0.4) is 0 Å². The Hall–Kier alpha value is -1.81. The van der Waals surface area contributed by atoms with E-state index in [1.807, 2.05) is 6.08 Å². The standard InChI is InChI=1S/C39H71O10P/c1-3-5-7-9-11-13-15-17-18-19-21-22-24-26-28-30-38(42)46-34-37(35-48-50(44,45)47-33-36(41)32-40)49-39(43)31-29-27-25-23-20-16-14-12-10-8-6-4-2/h12,14,24,26,28,30,36-37,40-41H,3-11,13,15-23,25,27,29,31-35H2,1-2H3,(H,44,45)/b14-12+,26-24+,30-28+/t36-,37+/m0/s1. The van der Waals surface area contributed by atoms with Crippen molar-refractivity contribution < 1.29 is 47.8 Å². The topological polar surface area (TPSA) is 149 Å². The number of aliphatic hydroxyl groups is 2. The second kappa shape index (κ2) is 35.6. The summed E-state index contributed by atoms with van der Waals surface area (Å²) in [4.78, 5) is 34.7. The van der Waals surface area contributed by atoms with Crippen molar-refractivity contribution in [3.05, 3.63) is 36.5 Å². The minimum Gasteiger partial charge on any atom is -0.458 e. The van der Waals surface area contributed by atoms with E-state index in [-0.39, 0.29) is 13.0 Å². The summed E-state index contributed by atoms with van der Waals surface area (Å²) in [5.41, 5.74) is 0. The third-order valence-corrected chi connectivity index (χ3v) is 9.07. The summed E-state index contributed by atoms with van der Waals surface area (Å²) in [6, 6.07) is 0. The molecule has 3 atom stereocenters. The van der Waals surface area contributed by atoms with Gasteiger partial charge in [-0.2, -0.15) is 0 Å². The first-order chi connectivity index (χ1) is 24.2. The van der Waals surface area contributed by atoms with E-state index >= 15 is 0 Å². The lowest BCUT2D eigenvalue weighted by atomic mass is 10.1.